The summed E-state index contributed by atoms with van der Waals surface area (Å²) in [6, 6.07) is 0. The summed E-state index contributed by atoms with van der Waals surface area (Å²) in [6.45, 7) is 3.81. The van der Waals surface area contributed by atoms with E-state index in [9.17, 15) is 9.59 Å². The van der Waals surface area contributed by atoms with Crippen molar-refractivity contribution in [2.24, 2.45) is 5.92 Å². The smallest absolute Gasteiger partial charge is 0.313 e. The van der Waals surface area contributed by atoms with Crippen LogP contribution in [0.4, 0.5) is 0 Å². The maximum absolute atomic E-state index is 11.2. The van der Waals surface area contributed by atoms with Gasteiger partial charge in [-0.25, -0.2) is 4.79 Å². The zero-order chi connectivity index (χ0) is 9.14. The van der Waals surface area contributed by atoms with E-state index in [-0.39, 0.29) is 23.9 Å². The molecule has 0 aliphatic rings. The highest BCUT2D eigenvalue weighted by Crippen LogP contribution is 1.95. The number of rotatable bonds is 3. The number of Topliss-reactive ketones (excluding diaryl/α,β-unsaturated/α-hetero) is 1. The van der Waals surface area contributed by atoms with E-state index in [0.717, 1.165) is 0 Å². The third-order valence-electron chi connectivity index (χ3n) is 1.69. The van der Waals surface area contributed by atoms with Gasteiger partial charge in [-0.1, -0.05) is 13.8 Å². The third-order valence-corrected chi connectivity index (χ3v) is 1.69. The SMILES string of the molecule is CC(C)C(=O)Cn1cc[nH]c1=O. The summed E-state index contributed by atoms with van der Waals surface area (Å²) in [4.78, 5) is 24.6. The van der Waals surface area contributed by atoms with Gasteiger partial charge in [0.25, 0.3) is 0 Å². The minimum atomic E-state index is -0.232. The zero-order valence-corrected chi connectivity index (χ0v) is 7.20. The van der Waals surface area contributed by atoms with Gasteiger partial charge in [0.05, 0.1) is 6.54 Å². The van der Waals surface area contributed by atoms with Gasteiger partial charge >= 0.3 is 5.69 Å². The van der Waals surface area contributed by atoms with Crippen molar-refractivity contribution in [2.45, 2.75) is 20.4 Å². The Morgan fingerprint density at radius 1 is 1.67 bits per heavy atom. The molecule has 66 valence electrons. The molecule has 0 radical (unpaired) electrons. The second-order valence-corrected chi connectivity index (χ2v) is 3.01. The highest BCUT2D eigenvalue weighted by molar-refractivity contribution is 5.80. The van der Waals surface area contributed by atoms with Gasteiger partial charge in [-0.15, -0.1) is 0 Å². The van der Waals surface area contributed by atoms with E-state index in [0.29, 0.717) is 0 Å². The second-order valence-electron chi connectivity index (χ2n) is 3.01. The summed E-state index contributed by atoms with van der Waals surface area (Å²) in [5, 5.41) is 0. The van der Waals surface area contributed by atoms with Crippen LogP contribution in [0.1, 0.15) is 13.8 Å². The fourth-order valence-corrected chi connectivity index (χ4v) is 0.824. The number of aromatic nitrogens is 2. The molecule has 0 fully saturated rings. The van der Waals surface area contributed by atoms with Crippen molar-refractivity contribution < 1.29 is 4.79 Å². The number of carbonyl (C=O) groups excluding carboxylic acids is 1. The van der Waals surface area contributed by atoms with E-state index < -0.39 is 0 Å². The lowest BCUT2D eigenvalue weighted by Crippen LogP contribution is -2.23. The number of nitrogens with zero attached hydrogens (tertiary/aromatic N) is 1. The van der Waals surface area contributed by atoms with Crippen LogP contribution in [0.2, 0.25) is 0 Å². The standard InChI is InChI=1S/C8H12N2O2/c1-6(2)7(11)5-10-4-3-9-8(10)12/h3-4,6H,5H2,1-2H3,(H,9,12). The average Bonchev–Trinajstić information content (AvgIpc) is 2.36. The number of hydrogen-bond donors (Lipinski definition) is 1. The lowest BCUT2D eigenvalue weighted by atomic mass is 10.1. The summed E-state index contributed by atoms with van der Waals surface area (Å²) in [6.07, 6.45) is 3.10. The number of ketones is 1. The highest BCUT2D eigenvalue weighted by Gasteiger charge is 2.08. The van der Waals surface area contributed by atoms with Crippen LogP contribution in [0.25, 0.3) is 0 Å². The molecular weight excluding hydrogens is 156 g/mol. The molecule has 0 aliphatic heterocycles. The number of imidazole rings is 1. The molecule has 0 bridgehead atoms. The van der Waals surface area contributed by atoms with Crippen LogP contribution < -0.4 is 5.69 Å². The van der Waals surface area contributed by atoms with Crippen molar-refractivity contribution in [2.75, 3.05) is 0 Å². The summed E-state index contributed by atoms with van der Waals surface area (Å²) in [5.74, 6) is 0.0449. The van der Waals surface area contributed by atoms with Crippen molar-refractivity contribution >= 4 is 5.78 Å². The molecule has 0 spiro atoms. The van der Waals surface area contributed by atoms with Gasteiger partial charge < -0.3 is 4.98 Å². The summed E-state index contributed by atoms with van der Waals surface area (Å²) < 4.78 is 1.36. The highest BCUT2D eigenvalue weighted by atomic mass is 16.2. The zero-order valence-electron chi connectivity index (χ0n) is 7.20. The molecular formula is C8H12N2O2. The number of nitrogens with one attached hydrogen (secondary N) is 1. The van der Waals surface area contributed by atoms with E-state index in [1.54, 1.807) is 6.20 Å². The number of aromatic amines is 1. The Labute approximate surface area is 70.2 Å². The van der Waals surface area contributed by atoms with Gasteiger partial charge in [0.1, 0.15) is 0 Å². The molecule has 1 aromatic heterocycles. The van der Waals surface area contributed by atoms with Crippen molar-refractivity contribution in [3.63, 3.8) is 0 Å². The Kier molecular flexibility index (Phi) is 2.47. The first kappa shape index (κ1) is 8.77. The van der Waals surface area contributed by atoms with Crippen molar-refractivity contribution in [1.82, 2.24) is 9.55 Å². The minimum absolute atomic E-state index is 0.0215. The molecule has 0 atom stereocenters. The van der Waals surface area contributed by atoms with Crippen LogP contribution >= 0.6 is 0 Å². The maximum atomic E-state index is 11.2. The average molecular weight is 168 g/mol. The first-order valence-corrected chi connectivity index (χ1v) is 3.88. The van der Waals surface area contributed by atoms with Crippen LogP contribution in [0.5, 0.6) is 0 Å². The van der Waals surface area contributed by atoms with Gasteiger partial charge in [0.2, 0.25) is 0 Å². The number of H-pyrrole nitrogens is 1. The Morgan fingerprint density at radius 3 is 2.75 bits per heavy atom. The molecule has 4 heteroatoms. The first-order chi connectivity index (χ1) is 5.61. The van der Waals surface area contributed by atoms with Crippen LogP contribution in [0, 0.1) is 5.92 Å². The quantitative estimate of drug-likeness (QED) is 0.710. The molecule has 4 nitrogen and oxygen atoms in total. The number of carbonyl (C=O) groups is 1. The van der Waals surface area contributed by atoms with Gasteiger partial charge in [-0.2, -0.15) is 0 Å². The molecule has 0 unspecified atom stereocenters. The Hall–Kier alpha value is -1.32. The second kappa shape index (κ2) is 3.38. The lowest BCUT2D eigenvalue weighted by molar-refractivity contribution is -0.122. The molecule has 0 amide bonds. The molecule has 0 aliphatic carbocycles. The fraction of sp³-hybridized carbons (Fsp3) is 0.500. The van der Waals surface area contributed by atoms with Crippen molar-refractivity contribution in [3.05, 3.63) is 22.9 Å². The predicted octanol–water partition coefficient (Wildman–Crippen LogP) is 0.402. The fourth-order valence-electron chi connectivity index (χ4n) is 0.824. The Bertz CT molecular complexity index is 322. The van der Waals surface area contributed by atoms with Gasteiger partial charge in [-0.3, -0.25) is 9.36 Å². The van der Waals surface area contributed by atoms with E-state index >= 15 is 0 Å². The van der Waals surface area contributed by atoms with E-state index in [2.05, 4.69) is 4.98 Å². The largest absolute Gasteiger partial charge is 0.325 e. The van der Waals surface area contributed by atoms with Crippen LogP contribution in [0.15, 0.2) is 17.2 Å². The van der Waals surface area contributed by atoms with Crippen LogP contribution in [0.3, 0.4) is 0 Å². The first-order valence-electron chi connectivity index (χ1n) is 3.88. The van der Waals surface area contributed by atoms with E-state index in [4.69, 9.17) is 0 Å². The van der Waals surface area contributed by atoms with Crippen molar-refractivity contribution in [3.8, 4) is 0 Å². The minimum Gasteiger partial charge on any atom is -0.313 e. The summed E-state index contributed by atoms with van der Waals surface area (Å²) in [7, 11) is 0. The molecule has 12 heavy (non-hydrogen) atoms. The molecule has 1 heterocycles. The van der Waals surface area contributed by atoms with Gasteiger partial charge in [-0.05, 0) is 0 Å². The summed E-state index contributed by atoms with van der Waals surface area (Å²) >= 11 is 0. The molecule has 1 aromatic rings. The molecule has 0 aromatic carbocycles. The number of hydrogen-bond acceptors (Lipinski definition) is 2. The van der Waals surface area contributed by atoms with E-state index in [1.807, 2.05) is 13.8 Å². The van der Waals surface area contributed by atoms with Gasteiger partial charge in [0, 0.05) is 18.3 Å². The lowest BCUT2D eigenvalue weighted by Gasteiger charge is -2.02. The van der Waals surface area contributed by atoms with E-state index in [1.165, 1.54) is 10.8 Å². The Balaban J connectivity index is 2.71. The van der Waals surface area contributed by atoms with Crippen LogP contribution in [-0.2, 0) is 11.3 Å². The molecule has 0 saturated heterocycles. The van der Waals surface area contributed by atoms with Crippen molar-refractivity contribution in [1.29, 1.82) is 0 Å². The normalized spacial score (nSPS) is 10.6. The van der Waals surface area contributed by atoms with Crippen LogP contribution in [-0.4, -0.2) is 15.3 Å². The molecule has 0 saturated carbocycles. The van der Waals surface area contributed by atoms with Gasteiger partial charge in [0.15, 0.2) is 5.78 Å². The topological polar surface area (TPSA) is 54.9 Å². The monoisotopic (exact) mass is 168 g/mol. The Morgan fingerprint density at radius 2 is 2.33 bits per heavy atom. The molecule has 1 rings (SSSR count). The summed E-state index contributed by atoms with van der Waals surface area (Å²) in [5.41, 5.74) is -0.232. The third kappa shape index (κ3) is 1.84. The maximum Gasteiger partial charge on any atom is 0.325 e. The predicted molar refractivity (Wildman–Crippen MR) is 44.9 cm³/mol. The molecule has 1 N–H and O–H groups in total.